The van der Waals surface area contributed by atoms with Crippen molar-refractivity contribution in [2.45, 2.75) is 12.0 Å². The van der Waals surface area contributed by atoms with Gasteiger partial charge in [-0.15, -0.1) is 0 Å². The Morgan fingerprint density at radius 2 is 2.29 bits per heavy atom. The number of nitrogens with one attached hydrogen (secondary N) is 2. The molecule has 0 aromatic heterocycles. The van der Waals surface area contributed by atoms with Crippen LogP contribution in [0.2, 0.25) is 0 Å². The number of aliphatic hydroxyl groups is 1. The van der Waals surface area contributed by atoms with Gasteiger partial charge in [-0.2, -0.15) is 12.7 Å². The molecule has 84 valence electrons. The van der Waals surface area contributed by atoms with Crippen LogP contribution in [0.3, 0.4) is 0 Å². The van der Waals surface area contributed by atoms with E-state index in [0.29, 0.717) is 13.0 Å². The van der Waals surface area contributed by atoms with E-state index in [1.54, 1.807) is 0 Å². The zero-order valence-corrected chi connectivity index (χ0v) is 9.26. The first-order chi connectivity index (χ1) is 6.40. The van der Waals surface area contributed by atoms with Crippen molar-refractivity contribution in [3.63, 3.8) is 0 Å². The summed E-state index contributed by atoms with van der Waals surface area (Å²) in [4.78, 5) is 0. The Labute approximate surface area is 84.5 Å². The molecule has 1 saturated heterocycles. The number of rotatable bonds is 4. The summed E-state index contributed by atoms with van der Waals surface area (Å²) in [5.74, 6) is 0. The average Bonchev–Trinajstić information content (AvgIpc) is 2.52. The zero-order chi connectivity index (χ0) is 10.8. The van der Waals surface area contributed by atoms with Crippen molar-refractivity contribution in [1.29, 1.82) is 0 Å². The van der Waals surface area contributed by atoms with Crippen LogP contribution in [0.25, 0.3) is 0 Å². The van der Waals surface area contributed by atoms with Gasteiger partial charge < -0.3 is 10.4 Å². The first kappa shape index (κ1) is 11.9. The largest absolute Gasteiger partial charge is 0.387 e. The SMILES string of the molecule is CNS(=O)(=O)N(C)CC1(O)CCNC1. The summed E-state index contributed by atoms with van der Waals surface area (Å²) in [6, 6.07) is 0. The van der Waals surface area contributed by atoms with Gasteiger partial charge in [0.25, 0.3) is 10.2 Å². The third-order valence-corrected chi connectivity index (χ3v) is 3.87. The van der Waals surface area contributed by atoms with Crippen LogP contribution in [0.1, 0.15) is 6.42 Å². The first-order valence-electron chi connectivity index (χ1n) is 4.47. The summed E-state index contributed by atoms with van der Waals surface area (Å²) < 4.78 is 25.9. The van der Waals surface area contributed by atoms with Crippen molar-refractivity contribution in [2.24, 2.45) is 0 Å². The molecule has 1 aliphatic rings. The van der Waals surface area contributed by atoms with Gasteiger partial charge in [0, 0.05) is 27.2 Å². The van der Waals surface area contributed by atoms with Gasteiger partial charge >= 0.3 is 0 Å². The molecule has 3 N–H and O–H groups in total. The molecular formula is C7H17N3O3S. The van der Waals surface area contributed by atoms with E-state index in [-0.39, 0.29) is 6.54 Å². The lowest BCUT2D eigenvalue weighted by Gasteiger charge is -2.26. The Hall–Kier alpha value is -0.210. The molecule has 0 spiro atoms. The molecule has 0 aromatic carbocycles. The second-order valence-corrected chi connectivity index (χ2v) is 5.60. The van der Waals surface area contributed by atoms with E-state index in [1.807, 2.05) is 0 Å². The van der Waals surface area contributed by atoms with E-state index in [1.165, 1.54) is 14.1 Å². The minimum Gasteiger partial charge on any atom is -0.387 e. The first-order valence-corrected chi connectivity index (χ1v) is 5.91. The lowest BCUT2D eigenvalue weighted by atomic mass is 10.0. The van der Waals surface area contributed by atoms with Gasteiger partial charge in [0.2, 0.25) is 0 Å². The Kier molecular flexibility index (Phi) is 3.49. The van der Waals surface area contributed by atoms with E-state index in [2.05, 4.69) is 10.0 Å². The third-order valence-electron chi connectivity index (χ3n) is 2.41. The van der Waals surface area contributed by atoms with Crippen LogP contribution in [-0.4, -0.2) is 57.2 Å². The molecule has 6 nitrogen and oxygen atoms in total. The van der Waals surface area contributed by atoms with Gasteiger partial charge in [0.05, 0.1) is 5.60 Å². The summed E-state index contributed by atoms with van der Waals surface area (Å²) >= 11 is 0. The topological polar surface area (TPSA) is 81.7 Å². The third kappa shape index (κ3) is 2.64. The maximum absolute atomic E-state index is 11.3. The molecule has 0 aliphatic carbocycles. The highest BCUT2D eigenvalue weighted by atomic mass is 32.2. The molecule has 0 radical (unpaired) electrons. The van der Waals surface area contributed by atoms with Crippen LogP contribution in [0.15, 0.2) is 0 Å². The maximum atomic E-state index is 11.3. The predicted octanol–water partition coefficient (Wildman–Crippen LogP) is -1.89. The second-order valence-electron chi connectivity index (χ2n) is 3.62. The molecule has 1 unspecified atom stereocenters. The van der Waals surface area contributed by atoms with Crippen molar-refractivity contribution in [2.75, 3.05) is 33.7 Å². The molecule has 0 aromatic rings. The van der Waals surface area contributed by atoms with Crippen LogP contribution in [0, 0.1) is 0 Å². The monoisotopic (exact) mass is 223 g/mol. The highest BCUT2D eigenvalue weighted by Crippen LogP contribution is 2.16. The molecule has 7 heteroatoms. The summed E-state index contributed by atoms with van der Waals surface area (Å²) in [7, 11) is -0.632. The second kappa shape index (κ2) is 4.11. The summed E-state index contributed by atoms with van der Waals surface area (Å²) in [6.45, 7) is 1.28. The fraction of sp³-hybridized carbons (Fsp3) is 1.00. The van der Waals surface area contributed by atoms with E-state index >= 15 is 0 Å². The number of nitrogens with zero attached hydrogens (tertiary/aromatic N) is 1. The Bertz CT molecular complexity index is 285. The van der Waals surface area contributed by atoms with E-state index in [0.717, 1.165) is 10.8 Å². The summed E-state index contributed by atoms with van der Waals surface area (Å²) in [6.07, 6.45) is 0.580. The fourth-order valence-corrected chi connectivity index (χ4v) is 2.24. The zero-order valence-electron chi connectivity index (χ0n) is 8.45. The molecule has 1 rings (SSSR count). The van der Waals surface area contributed by atoms with Crippen molar-refractivity contribution in [1.82, 2.24) is 14.3 Å². The van der Waals surface area contributed by atoms with Gasteiger partial charge in [-0.05, 0) is 13.0 Å². The van der Waals surface area contributed by atoms with E-state index in [4.69, 9.17) is 0 Å². The van der Waals surface area contributed by atoms with Crippen molar-refractivity contribution in [3.8, 4) is 0 Å². The quantitative estimate of drug-likeness (QED) is 0.520. The Morgan fingerprint density at radius 1 is 1.64 bits per heavy atom. The molecular weight excluding hydrogens is 206 g/mol. The van der Waals surface area contributed by atoms with E-state index in [9.17, 15) is 13.5 Å². The van der Waals surface area contributed by atoms with Gasteiger partial charge in [-0.25, -0.2) is 4.72 Å². The standard InChI is InChI=1S/C7H17N3O3S/c1-8-14(12,13)10(2)6-7(11)3-4-9-5-7/h8-9,11H,3-6H2,1-2H3. The Balaban J connectivity index is 2.60. The normalized spacial score (nSPS) is 28.6. The van der Waals surface area contributed by atoms with Crippen molar-refractivity contribution >= 4 is 10.2 Å². The minimum atomic E-state index is -3.43. The maximum Gasteiger partial charge on any atom is 0.279 e. The van der Waals surface area contributed by atoms with Crippen LogP contribution >= 0.6 is 0 Å². The molecule has 14 heavy (non-hydrogen) atoms. The Morgan fingerprint density at radius 3 is 2.71 bits per heavy atom. The van der Waals surface area contributed by atoms with Crippen LogP contribution in [0.5, 0.6) is 0 Å². The molecule has 1 aliphatic heterocycles. The number of hydrogen-bond acceptors (Lipinski definition) is 4. The molecule has 1 atom stereocenters. The smallest absolute Gasteiger partial charge is 0.279 e. The van der Waals surface area contributed by atoms with Crippen LogP contribution in [-0.2, 0) is 10.2 Å². The van der Waals surface area contributed by atoms with Crippen LogP contribution in [0.4, 0.5) is 0 Å². The average molecular weight is 223 g/mol. The van der Waals surface area contributed by atoms with Gasteiger partial charge in [-0.3, -0.25) is 0 Å². The fourth-order valence-electron chi connectivity index (χ4n) is 1.52. The van der Waals surface area contributed by atoms with Crippen molar-refractivity contribution < 1.29 is 13.5 Å². The van der Waals surface area contributed by atoms with Gasteiger partial charge in [0.1, 0.15) is 0 Å². The summed E-state index contributed by atoms with van der Waals surface area (Å²) in [5.41, 5.74) is -0.932. The number of likely N-dealkylation sites (N-methyl/N-ethyl adjacent to an activating group) is 1. The van der Waals surface area contributed by atoms with Crippen molar-refractivity contribution in [3.05, 3.63) is 0 Å². The molecule has 1 heterocycles. The lowest BCUT2D eigenvalue weighted by molar-refractivity contribution is 0.0460. The number of hydrogen-bond donors (Lipinski definition) is 3. The molecule has 0 saturated carbocycles. The van der Waals surface area contributed by atoms with Crippen LogP contribution < -0.4 is 10.0 Å². The molecule has 0 amide bonds. The predicted molar refractivity (Wildman–Crippen MR) is 53.0 cm³/mol. The lowest BCUT2D eigenvalue weighted by Crippen LogP contribution is -2.47. The molecule has 1 fully saturated rings. The minimum absolute atomic E-state index is 0.114. The highest BCUT2D eigenvalue weighted by molar-refractivity contribution is 7.87. The van der Waals surface area contributed by atoms with E-state index < -0.39 is 15.8 Å². The van der Waals surface area contributed by atoms with Gasteiger partial charge in [-0.1, -0.05) is 0 Å². The van der Waals surface area contributed by atoms with Gasteiger partial charge in [0.15, 0.2) is 0 Å². The number of β-amino-alcohol motifs (C(OH)–C–C–N with tert-alkyl or cyclic N) is 1. The molecule has 0 bridgehead atoms. The summed E-state index contributed by atoms with van der Waals surface area (Å²) in [5, 5.41) is 12.9. The highest BCUT2D eigenvalue weighted by Gasteiger charge is 2.34.